The molecule has 0 radical (unpaired) electrons. The van der Waals surface area contributed by atoms with Crippen molar-refractivity contribution in [3.63, 3.8) is 0 Å². The molecule has 1 aromatic rings. The lowest BCUT2D eigenvalue weighted by Crippen LogP contribution is -2.62. The van der Waals surface area contributed by atoms with Gasteiger partial charge >= 0.3 is 0 Å². The van der Waals surface area contributed by atoms with Gasteiger partial charge < -0.3 is 16.0 Å². The normalized spacial score (nSPS) is 29.8. The number of nitrogens with two attached hydrogens (primary N) is 1. The van der Waals surface area contributed by atoms with Crippen molar-refractivity contribution in [2.24, 2.45) is 16.6 Å². The molecule has 3 rings (SSSR count). The van der Waals surface area contributed by atoms with Gasteiger partial charge in [0.05, 0.1) is 12.1 Å². The van der Waals surface area contributed by atoms with E-state index in [2.05, 4.69) is 22.1 Å². The molecule has 20 heavy (non-hydrogen) atoms. The standard InChI is InChI=1S/C15H21FN4/c1-2-11-9-18-7-6-15(11)10-19-14(17)20(15)13-5-3-4-12(16)8-13/h3-5,8,11,18H,2,6-7,9-10H2,1H3,(H2,17,19). The fraction of sp³-hybridized carbons (Fsp3) is 0.533. The smallest absolute Gasteiger partial charge is 0.196 e. The Hall–Kier alpha value is -1.62. The first-order chi connectivity index (χ1) is 9.67. The van der Waals surface area contributed by atoms with E-state index in [0.29, 0.717) is 18.4 Å². The van der Waals surface area contributed by atoms with Gasteiger partial charge in [0, 0.05) is 12.2 Å². The minimum atomic E-state index is -0.237. The van der Waals surface area contributed by atoms with E-state index in [-0.39, 0.29) is 11.4 Å². The molecule has 2 aliphatic rings. The summed E-state index contributed by atoms with van der Waals surface area (Å²) in [7, 11) is 0. The van der Waals surface area contributed by atoms with Crippen LogP contribution in [0.3, 0.4) is 0 Å². The SMILES string of the molecule is CCC1CNCCC12CN=C(N)N2c1cccc(F)c1. The quantitative estimate of drug-likeness (QED) is 0.865. The summed E-state index contributed by atoms with van der Waals surface area (Å²) in [4.78, 5) is 6.53. The Morgan fingerprint density at radius 1 is 1.55 bits per heavy atom. The number of hydrogen-bond acceptors (Lipinski definition) is 4. The van der Waals surface area contributed by atoms with Gasteiger partial charge in [0.1, 0.15) is 5.82 Å². The molecule has 3 N–H and O–H groups in total. The zero-order valence-corrected chi connectivity index (χ0v) is 11.8. The second-order valence-corrected chi connectivity index (χ2v) is 5.65. The van der Waals surface area contributed by atoms with Crippen molar-refractivity contribution in [1.29, 1.82) is 0 Å². The Bertz CT molecular complexity index is 530. The molecule has 0 aromatic heterocycles. The topological polar surface area (TPSA) is 53.6 Å². The first-order valence-corrected chi connectivity index (χ1v) is 7.24. The average Bonchev–Trinajstić information content (AvgIpc) is 2.77. The number of benzene rings is 1. The van der Waals surface area contributed by atoms with Crippen molar-refractivity contribution in [1.82, 2.24) is 5.32 Å². The fourth-order valence-corrected chi connectivity index (χ4v) is 3.59. The van der Waals surface area contributed by atoms with Gasteiger partial charge in [-0.15, -0.1) is 0 Å². The van der Waals surface area contributed by atoms with Gasteiger partial charge in [0.25, 0.3) is 0 Å². The molecular weight excluding hydrogens is 255 g/mol. The highest BCUT2D eigenvalue weighted by atomic mass is 19.1. The van der Waals surface area contributed by atoms with Gasteiger partial charge in [-0.1, -0.05) is 13.0 Å². The van der Waals surface area contributed by atoms with E-state index in [0.717, 1.165) is 31.6 Å². The van der Waals surface area contributed by atoms with Crippen LogP contribution in [0.25, 0.3) is 0 Å². The van der Waals surface area contributed by atoms with Gasteiger partial charge in [-0.2, -0.15) is 0 Å². The van der Waals surface area contributed by atoms with Crippen molar-refractivity contribution in [3.8, 4) is 0 Å². The van der Waals surface area contributed by atoms with Crippen LogP contribution in [0.2, 0.25) is 0 Å². The van der Waals surface area contributed by atoms with E-state index < -0.39 is 0 Å². The lowest BCUT2D eigenvalue weighted by atomic mass is 9.76. The number of aliphatic imine (C=N–C) groups is 1. The largest absolute Gasteiger partial charge is 0.369 e. The predicted octanol–water partition coefficient (Wildman–Crippen LogP) is 1.72. The summed E-state index contributed by atoms with van der Waals surface area (Å²) < 4.78 is 13.6. The maximum atomic E-state index is 13.6. The number of hydrogen-bond donors (Lipinski definition) is 2. The van der Waals surface area contributed by atoms with E-state index in [1.807, 2.05) is 6.07 Å². The van der Waals surface area contributed by atoms with Crippen molar-refractivity contribution >= 4 is 11.6 Å². The molecule has 4 nitrogen and oxygen atoms in total. The number of anilines is 1. The summed E-state index contributed by atoms with van der Waals surface area (Å²) in [5.74, 6) is 0.736. The Balaban J connectivity index is 2.03. The molecule has 0 bridgehead atoms. The summed E-state index contributed by atoms with van der Waals surface area (Å²) in [6.45, 7) is 4.81. The molecule has 5 heteroatoms. The molecule has 0 saturated carbocycles. The summed E-state index contributed by atoms with van der Waals surface area (Å²) in [5.41, 5.74) is 6.83. The molecule has 2 aliphatic heterocycles. The molecule has 2 heterocycles. The third kappa shape index (κ3) is 1.97. The first kappa shape index (κ1) is 13.4. The van der Waals surface area contributed by atoms with Gasteiger partial charge in [-0.05, 0) is 43.5 Å². The third-order valence-corrected chi connectivity index (χ3v) is 4.63. The summed E-state index contributed by atoms with van der Waals surface area (Å²) in [6.07, 6.45) is 2.04. The zero-order valence-electron chi connectivity index (χ0n) is 11.8. The maximum absolute atomic E-state index is 13.6. The second-order valence-electron chi connectivity index (χ2n) is 5.65. The van der Waals surface area contributed by atoms with Crippen LogP contribution >= 0.6 is 0 Å². The van der Waals surface area contributed by atoms with Crippen LogP contribution in [-0.4, -0.2) is 31.1 Å². The Morgan fingerprint density at radius 2 is 2.40 bits per heavy atom. The predicted molar refractivity (Wildman–Crippen MR) is 79.4 cm³/mol. The summed E-state index contributed by atoms with van der Waals surface area (Å²) in [5, 5.41) is 3.44. The van der Waals surface area contributed by atoms with E-state index in [1.54, 1.807) is 12.1 Å². The van der Waals surface area contributed by atoms with E-state index in [9.17, 15) is 4.39 Å². The second kappa shape index (κ2) is 5.05. The van der Waals surface area contributed by atoms with Gasteiger partial charge in [-0.25, -0.2) is 4.39 Å². The fourth-order valence-electron chi connectivity index (χ4n) is 3.59. The number of piperidine rings is 1. The number of halogens is 1. The number of rotatable bonds is 2. The van der Waals surface area contributed by atoms with Crippen LogP contribution in [0.1, 0.15) is 19.8 Å². The highest BCUT2D eigenvalue weighted by Crippen LogP contribution is 2.40. The van der Waals surface area contributed by atoms with Crippen molar-refractivity contribution in [3.05, 3.63) is 30.1 Å². The van der Waals surface area contributed by atoms with E-state index >= 15 is 0 Å². The molecule has 1 saturated heterocycles. The lowest BCUT2D eigenvalue weighted by molar-refractivity contribution is 0.217. The lowest BCUT2D eigenvalue weighted by Gasteiger charge is -2.47. The molecule has 0 amide bonds. The highest BCUT2D eigenvalue weighted by molar-refractivity contribution is 5.98. The average molecular weight is 276 g/mol. The van der Waals surface area contributed by atoms with Gasteiger partial charge in [0.15, 0.2) is 5.96 Å². The van der Waals surface area contributed by atoms with Gasteiger partial charge in [0.2, 0.25) is 0 Å². The zero-order chi connectivity index (χ0) is 14.2. The number of nitrogens with zero attached hydrogens (tertiary/aromatic N) is 2. The minimum absolute atomic E-state index is 0.0993. The van der Waals surface area contributed by atoms with E-state index in [1.165, 1.54) is 6.07 Å². The molecular formula is C15H21FN4. The van der Waals surface area contributed by atoms with Gasteiger partial charge in [-0.3, -0.25) is 4.99 Å². The molecule has 2 unspecified atom stereocenters. The van der Waals surface area contributed by atoms with Crippen LogP contribution in [0.15, 0.2) is 29.3 Å². The summed E-state index contributed by atoms with van der Waals surface area (Å²) in [6, 6.07) is 6.64. The Morgan fingerprint density at radius 3 is 3.15 bits per heavy atom. The van der Waals surface area contributed by atoms with Crippen molar-refractivity contribution in [2.75, 3.05) is 24.5 Å². The number of nitrogens with one attached hydrogen (secondary N) is 1. The molecule has 2 atom stereocenters. The highest BCUT2D eigenvalue weighted by Gasteiger charge is 2.49. The van der Waals surface area contributed by atoms with Crippen molar-refractivity contribution < 1.29 is 4.39 Å². The monoisotopic (exact) mass is 276 g/mol. The maximum Gasteiger partial charge on any atom is 0.196 e. The number of guanidine groups is 1. The Labute approximate surface area is 118 Å². The summed E-state index contributed by atoms with van der Waals surface area (Å²) >= 11 is 0. The van der Waals surface area contributed by atoms with Crippen LogP contribution in [0, 0.1) is 11.7 Å². The molecule has 1 aromatic carbocycles. The Kier molecular flexibility index (Phi) is 3.38. The van der Waals surface area contributed by atoms with Crippen molar-refractivity contribution in [2.45, 2.75) is 25.3 Å². The van der Waals surface area contributed by atoms with Crippen LogP contribution in [-0.2, 0) is 0 Å². The molecule has 108 valence electrons. The third-order valence-electron chi connectivity index (χ3n) is 4.63. The molecule has 1 fully saturated rings. The molecule has 0 aliphatic carbocycles. The van der Waals surface area contributed by atoms with Crippen LogP contribution in [0.5, 0.6) is 0 Å². The van der Waals surface area contributed by atoms with Crippen LogP contribution in [0.4, 0.5) is 10.1 Å². The minimum Gasteiger partial charge on any atom is -0.369 e. The van der Waals surface area contributed by atoms with Crippen LogP contribution < -0.4 is 16.0 Å². The molecule has 1 spiro atoms. The van der Waals surface area contributed by atoms with E-state index in [4.69, 9.17) is 5.73 Å². The first-order valence-electron chi connectivity index (χ1n) is 7.24.